The minimum absolute atomic E-state index is 0.0720. The second-order valence-electron chi connectivity index (χ2n) is 17.2. The van der Waals surface area contributed by atoms with E-state index in [1.165, 1.54) is 102 Å². The van der Waals surface area contributed by atoms with E-state index in [-0.39, 0.29) is 5.41 Å². The standard InChI is InChI=1S/C59H43NS2/c1-59(2)50-27-13-11-24-48(50)56-46(26-16-28-51(56)59)47-33-34-52(57-49-25-12-15-30-54(49)62-58(47)57)60(42-20-4-3-5-21-42)43-32-31-41-36-39-18-7-10-23-45(39)44-22-9-6-17-38(44)35-40-19-8-14-29-53(40)61-55(41)37-43/h3-34,37H,35-36H2,1-2H3. The lowest BCUT2D eigenvalue weighted by molar-refractivity contribution is 0.660. The van der Waals surface area contributed by atoms with Crippen molar-refractivity contribution in [2.75, 3.05) is 4.90 Å². The molecule has 296 valence electrons. The van der Waals surface area contributed by atoms with Gasteiger partial charge in [-0.2, -0.15) is 0 Å². The van der Waals surface area contributed by atoms with Gasteiger partial charge in [0, 0.05) is 52.3 Å². The zero-order valence-electron chi connectivity index (χ0n) is 34.7. The van der Waals surface area contributed by atoms with E-state index in [1.807, 2.05) is 23.1 Å². The highest BCUT2D eigenvalue weighted by Gasteiger charge is 2.37. The van der Waals surface area contributed by atoms with Gasteiger partial charge in [-0.25, -0.2) is 0 Å². The van der Waals surface area contributed by atoms with E-state index in [9.17, 15) is 0 Å². The normalized spacial score (nSPS) is 13.6. The van der Waals surface area contributed by atoms with Crippen LogP contribution in [0.15, 0.2) is 210 Å². The number of hydrogen-bond acceptors (Lipinski definition) is 3. The van der Waals surface area contributed by atoms with Crippen LogP contribution in [-0.2, 0) is 18.3 Å². The number of rotatable bonds is 4. The summed E-state index contributed by atoms with van der Waals surface area (Å²) in [6.07, 6.45) is 1.72. The number of fused-ring (bicyclic) bond motifs is 11. The Bertz CT molecular complexity index is 3370. The fraction of sp³-hybridized carbons (Fsp3) is 0.0847. The molecule has 3 heteroatoms. The van der Waals surface area contributed by atoms with Gasteiger partial charge in [0.25, 0.3) is 0 Å². The lowest BCUT2D eigenvalue weighted by atomic mass is 9.82. The van der Waals surface area contributed by atoms with Crippen LogP contribution >= 0.6 is 23.1 Å². The molecule has 1 nitrogen and oxygen atoms in total. The third-order valence-corrected chi connectivity index (χ3v) is 15.7. The molecule has 0 spiro atoms. The summed E-state index contributed by atoms with van der Waals surface area (Å²) in [6, 6.07) is 74.8. The molecule has 1 aromatic heterocycles. The van der Waals surface area contributed by atoms with Gasteiger partial charge in [0.2, 0.25) is 0 Å². The van der Waals surface area contributed by atoms with Gasteiger partial charge in [0.15, 0.2) is 0 Å². The molecule has 0 amide bonds. The predicted octanol–water partition coefficient (Wildman–Crippen LogP) is 16.8. The van der Waals surface area contributed by atoms with Crippen LogP contribution in [0.3, 0.4) is 0 Å². The van der Waals surface area contributed by atoms with Crippen molar-refractivity contribution in [2.24, 2.45) is 0 Å². The summed E-state index contributed by atoms with van der Waals surface area (Å²) in [5, 5.41) is 2.57. The first-order valence-electron chi connectivity index (χ1n) is 21.6. The van der Waals surface area contributed by atoms with Crippen LogP contribution in [0.2, 0.25) is 0 Å². The molecular weight excluding hydrogens is 787 g/mol. The van der Waals surface area contributed by atoms with Crippen LogP contribution in [0.25, 0.3) is 53.6 Å². The fourth-order valence-corrected chi connectivity index (χ4v) is 12.6. The summed E-state index contributed by atoms with van der Waals surface area (Å²) < 4.78 is 2.61. The lowest BCUT2D eigenvalue weighted by Gasteiger charge is -2.28. The van der Waals surface area contributed by atoms with Crippen molar-refractivity contribution in [3.8, 4) is 33.4 Å². The Morgan fingerprint density at radius 1 is 0.435 bits per heavy atom. The first-order valence-corrected chi connectivity index (χ1v) is 23.2. The van der Waals surface area contributed by atoms with Gasteiger partial charge in [-0.15, -0.1) is 11.3 Å². The van der Waals surface area contributed by atoms with E-state index in [1.54, 1.807) is 0 Å². The largest absolute Gasteiger partial charge is 0.310 e. The van der Waals surface area contributed by atoms with Crippen molar-refractivity contribution in [3.05, 3.63) is 234 Å². The Labute approximate surface area is 372 Å². The number of nitrogens with zero attached hydrogens (tertiary/aromatic N) is 1. The second-order valence-corrected chi connectivity index (χ2v) is 19.3. The van der Waals surface area contributed by atoms with Crippen LogP contribution in [0.4, 0.5) is 17.1 Å². The molecule has 62 heavy (non-hydrogen) atoms. The molecule has 10 aromatic rings. The summed E-state index contributed by atoms with van der Waals surface area (Å²) in [5.41, 5.74) is 19.5. The maximum absolute atomic E-state index is 2.50. The smallest absolute Gasteiger partial charge is 0.0555 e. The average Bonchev–Trinajstić information content (AvgIpc) is 3.81. The van der Waals surface area contributed by atoms with Gasteiger partial charge in [0.05, 0.1) is 5.69 Å². The minimum atomic E-state index is -0.0720. The fourth-order valence-electron chi connectivity index (χ4n) is 10.3. The van der Waals surface area contributed by atoms with E-state index in [0.717, 1.165) is 24.2 Å². The third-order valence-electron chi connectivity index (χ3n) is 13.2. The highest BCUT2D eigenvalue weighted by Crippen LogP contribution is 2.55. The van der Waals surface area contributed by atoms with E-state index in [0.29, 0.717) is 0 Å². The van der Waals surface area contributed by atoms with Crippen LogP contribution in [0.1, 0.15) is 47.2 Å². The molecule has 0 saturated carbocycles. The zero-order valence-corrected chi connectivity index (χ0v) is 36.4. The Hall–Kier alpha value is -6.65. The maximum atomic E-state index is 2.50. The van der Waals surface area contributed by atoms with E-state index in [2.05, 4.69) is 219 Å². The van der Waals surface area contributed by atoms with E-state index >= 15 is 0 Å². The second kappa shape index (κ2) is 14.8. The molecular formula is C59H43NS2. The third kappa shape index (κ3) is 5.98. The Kier molecular flexibility index (Phi) is 8.85. The Morgan fingerprint density at radius 3 is 1.84 bits per heavy atom. The molecule has 1 aliphatic heterocycles. The average molecular weight is 830 g/mol. The van der Waals surface area contributed by atoms with Crippen molar-refractivity contribution in [1.29, 1.82) is 0 Å². The summed E-state index contributed by atoms with van der Waals surface area (Å²) >= 11 is 3.82. The van der Waals surface area contributed by atoms with Crippen molar-refractivity contribution in [3.63, 3.8) is 0 Å². The van der Waals surface area contributed by atoms with E-state index < -0.39 is 0 Å². The first kappa shape index (κ1) is 37.1. The molecule has 1 aliphatic carbocycles. The molecule has 0 fully saturated rings. The molecule has 0 atom stereocenters. The van der Waals surface area contributed by atoms with Crippen LogP contribution in [0.5, 0.6) is 0 Å². The number of para-hydroxylation sites is 1. The highest BCUT2D eigenvalue weighted by molar-refractivity contribution is 7.99. The van der Waals surface area contributed by atoms with Gasteiger partial charge in [-0.3, -0.25) is 0 Å². The molecule has 12 rings (SSSR count). The quantitative estimate of drug-likeness (QED) is 0.174. The van der Waals surface area contributed by atoms with Gasteiger partial charge >= 0.3 is 0 Å². The van der Waals surface area contributed by atoms with Crippen molar-refractivity contribution in [2.45, 2.75) is 41.9 Å². The summed E-state index contributed by atoms with van der Waals surface area (Å²) in [6.45, 7) is 4.75. The highest BCUT2D eigenvalue weighted by atomic mass is 32.2. The van der Waals surface area contributed by atoms with Crippen molar-refractivity contribution in [1.82, 2.24) is 0 Å². The monoisotopic (exact) mass is 829 g/mol. The van der Waals surface area contributed by atoms with Crippen LogP contribution < -0.4 is 4.90 Å². The Balaban J connectivity index is 1.08. The molecule has 9 aromatic carbocycles. The van der Waals surface area contributed by atoms with Gasteiger partial charge in [-0.05, 0) is 117 Å². The van der Waals surface area contributed by atoms with Crippen LogP contribution in [0, 0.1) is 0 Å². The molecule has 2 aliphatic rings. The SMILES string of the molecule is CC1(C)c2ccccc2-c2c(-c3ccc(N(c4ccccc4)c4ccc5c(c4)Sc4ccccc4Cc4ccccc4-c4ccccc4C5)c4c3sc3ccccc34)cccc21. The number of benzene rings is 9. The van der Waals surface area contributed by atoms with Crippen molar-refractivity contribution >= 4 is 60.3 Å². The van der Waals surface area contributed by atoms with Gasteiger partial charge < -0.3 is 4.90 Å². The summed E-state index contributed by atoms with van der Waals surface area (Å²) in [4.78, 5) is 5.08. The topological polar surface area (TPSA) is 3.24 Å². The van der Waals surface area contributed by atoms with Gasteiger partial charge in [-0.1, -0.05) is 183 Å². The van der Waals surface area contributed by atoms with Crippen LogP contribution in [-0.4, -0.2) is 0 Å². The molecule has 0 radical (unpaired) electrons. The number of hydrogen-bond donors (Lipinski definition) is 0. The summed E-state index contributed by atoms with van der Waals surface area (Å²) in [7, 11) is 0. The molecule has 0 saturated heterocycles. The molecule has 0 N–H and O–H groups in total. The minimum Gasteiger partial charge on any atom is -0.310 e. The number of anilines is 3. The van der Waals surface area contributed by atoms with Gasteiger partial charge in [0.1, 0.15) is 0 Å². The van der Waals surface area contributed by atoms with E-state index in [4.69, 9.17) is 0 Å². The molecule has 2 heterocycles. The maximum Gasteiger partial charge on any atom is 0.0555 e. The van der Waals surface area contributed by atoms with Crippen molar-refractivity contribution < 1.29 is 0 Å². The molecule has 0 unspecified atom stereocenters. The first-order chi connectivity index (χ1) is 30.5. The molecule has 0 bridgehead atoms. The Morgan fingerprint density at radius 2 is 1.05 bits per heavy atom. The predicted molar refractivity (Wildman–Crippen MR) is 265 cm³/mol. The summed E-state index contributed by atoms with van der Waals surface area (Å²) in [5.74, 6) is 0. The zero-order chi connectivity index (χ0) is 41.4. The number of thiophene rings is 1. The lowest BCUT2D eigenvalue weighted by Crippen LogP contribution is -2.14.